The van der Waals surface area contributed by atoms with E-state index in [0.29, 0.717) is 6.42 Å². The van der Waals surface area contributed by atoms with E-state index < -0.39 is 15.1 Å². The summed E-state index contributed by atoms with van der Waals surface area (Å²) in [4.78, 5) is 10.9. The maximum atomic E-state index is 11.0. The van der Waals surface area contributed by atoms with Gasteiger partial charge >= 0.3 is 5.22 Å². The van der Waals surface area contributed by atoms with Crippen molar-refractivity contribution in [2.75, 3.05) is 6.26 Å². The van der Waals surface area contributed by atoms with Gasteiger partial charge in [-0.05, 0) is 0 Å². The van der Waals surface area contributed by atoms with Gasteiger partial charge in [0, 0.05) is 12.7 Å². The zero-order valence-corrected chi connectivity index (χ0v) is 9.17. The molecular formula is C7H11N3O4S. The number of hydrogen-bond acceptors (Lipinski definition) is 6. The van der Waals surface area contributed by atoms with Gasteiger partial charge in [0.1, 0.15) is 0 Å². The lowest BCUT2D eigenvalue weighted by atomic mass is 10.4. The fourth-order valence-electron chi connectivity index (χ4n) is 0.759. The van der Waals surface area contributed by atoms with E-state index >= 15 is 0 Å². The molecule has 15 heavy (non-hydrogen) atoms. The Morgan fingerprint density at radius 3 is 2.60 bits per heavy atom. The second kappa shape index (κ2) is 4.39. The van der Waals surface area contributed by atoms with Gasteiger partial charge in [0.05, 0.1) is 6.54 Å². The molecule has 0 spiro atoms. The van der Waals surface area contributed by atoms with Gasteiger partial charge in [0.15, 0.2) is 0 Å². The molecule has 1 heterocycles. The third-order valence-corrected chi connectivity index (χ3v) is 2.32. The van der Waals surface area contributed by atoms with Gasteiger partial charge in [-0.1, -0.05) is 12.0 Å². The highest BCUT2D eigenvalue weighted by atomic mass is 32.2. The molecule has 0 saturated carbocycles. The first kappa shape index (κ1) is 11.6. The van der Waals surface area contributed by atoms with Gasteiger partial charge in [-0.25, -0.2) is 8.42 Å². The number of nitrogens with zero attached hydrogens (tertiary/aromatic N) is 2. The molecule has 0 aliphatic rings. The summed E-state index contributed by atoms with van der Waals surface area (Å²) in [5.41, 5.74) is 0. The Balaban J connectivity index is 2.66. The molecule has 0 aromatic carbocycles. The van der Waals surface area contributed by atoms with E-state index in [4.69, 9.17) is 4.42 Å². The van der Waals surface area contributed by atoms with Gasteiger partial charge in [0.2, 0.25) is 21.6 Å². The molecule has 1 rings (SSSR count). The van der Waals surface area contributed by atoms with Crippen molar-refractivity contribution in [2.45, 2.75) is 25.1 Å². The van der Waals surface area contributed by atoms with E-state index in [2.05, 4.69) is 15.5 Å². The van der Waals surface area contributed by atoms with Crippen LogP contribution in [-0.2, 0) is 21.2 Å². The number of nitrogens with one attached hydrogen (secondary N) is 1. The lowest BCUT2D eigenvalue weighted by Crippen LogP contribution is -2.21. The predicted octanol–water partition coefficient (Wildman–Crippen LogP) is -0.501. The Morgan fingerprint density at radius 2 is 2.13 bits per heavy atom. The van der Waals surface area contributed by atoms with E-state index in [0.717, 1.165) is 6.26 Å². The van der Waals surface area contributed by atoms with Crippen molar-refractivity contribution in [3.63, 3.8) is 0 Å². The monoisotopic (exact) mass is 233 g/mol. The Labute approximate surface area is 86.8 Å². The summed E-state index contributed by atoms with van der Waals surface area (Å²) in [5.74, 6) is -0.105. The first-order valence-electron chi connectivity index (χ1n) is 4.22. The molecule has 0 radical (unpaired) electrons. The minimum Gasteiger partial charge on any atom is -0.411 e. The van der Waals surface area contributed by atoms with E-state index in [9.17, 15) is 13.2 Å². The molecule has 7 nitrogen and oxygen atoms in total. The molecule has 1 aromatic heterocycles. The topological polar surface area (TPSA) is 102 Å². The lowest BCUT2D eigenvalue weighted by molar-refractivity contribution is -0.121. The molecule has 0 aliphatic heterocycles. The number of carbonyl (C=O) groups excluding carboxylic acids is 1. The molecule has 0 fully saturated rings. The van der Waals surface area contributed by atoms with Crippen molar-refractivity contribution >= 4 is 15.7 Å². The van der Waals surface area contributed by atoms with E-state index in [-0.39, 0.29) is 18.3 Å². The highest BCUT2D eigenvalue weighted by Gasteiger charge is 2.16. The summed E-state index contributed by atoms with van der Waals surface area (Å²) in [5, 5.41) is 8.86. The van der Waals surface area contributed by atoms with Crippen LogP contribution < -0.4 is 5.32 Å². The van der Waals surface area contributed by atoms with Crippen molar-refractivity contribution in [2.24, 2.45) is 0 Å². The standard InChI is InChI=1S/C7H11N3O4S/c1-3-5(11)8-4-6-9-10-7(14-6)15(2,12)13/h3-4H2,1-2H3,(H,8,11). The number of sulfone groups is 1. The van der Waals surface area contributed by atoms with Crippen molar-refractivity contribution in [3.05, 3.63) is 5.89 Å². The van der Waals surface area contributed by atoms with E-state index in [1.165, 1.54) is 0 Å². The van der Waals surface area contributed by atoms with Crippen molar-refractivity contribution in [3.8, 4) is 0 Å². The summed E-state index contributed by atoms with van der Waals surface area (Å²) >= 11 is 0. The van der Waals surface area contributed by atoms with Gasteiger partial charge in [-0.15, -0.1) is 5.10 Å². The van der Waals surface area contributed by atoms with E-state index in [1.807, 2.05) is 0 Å². The van der Waals surface area contributed by atoms with Crippen LogP contribution in [0.4, 0.5) is 0 Å². The summed E-state index contributed by atoms with van der Waals surface area (Å²) in [7, 11) is -3.48. The van der Waals surface area contributed by atoms with Crippen LogP contribution in [0.15, 0.2) is 9.64 Å². The van der Waals surface area contributed by atoms with Crippen LogP contribution in [0.3, 0.4) is 0 Å². The molecule has 0 unspecified atom stereocenters. The average molecular weight is 233 g/mol. The predicted molar refractivity (Wildman–Crippen MR) is 49.5 cm³/mol. The smallest absolute Gasteiger partial charge is 0.335 e. The summed E-state index contributed by atoms with van der Waals surface area (Å²) in [6.45, 7) is 1.74. The van der Waals surface area contributed by atoms with Crippen LogP contribution >= 0.6 is 0 Å². The number of amides is 1. The third kappa shape index (κ3) is 3.31. The summed E-state index contributed by atoms with van der Waals surface area (Å²) < 4.78 is 26.7. The van der Waals surface area contributed by atoms with Gasteiger partial charge in [-0.2, -0.15) is 0 Å². The van der Waals surface area contributed by atoms with Crippen LogP contribution in [0.5, 0.6) is 0 Å². The molecule has 1 N–H and O–H groups in total. The van der Waals surface area contributed by atoms with Crippen LogP contribution in [-0.4, -0.2) is 30.8 Å². The maximum Gasteiger partial charge on any atom is 0.335 e. The van der Waals surface area contributed by atoms with Gasteiger partial charge < -0.3 is 9.73 Å². The Hall–Kier alpha value is -1.44. The summed E-state index contributed by atoms with van der Waals surface area (Å²) in [6.07, 6.45) is 1.31. The first-order valence-corrected chi connectivity index (χ1v) is 6.11. The Kier molecular flexibility index (Phi) is 3.40. The summed E-state index contributed by atoms with van der Waals surface area (Å²) in [6, 6.07) is 0. The highest BCUT2D eigenvalue weighted by Crippen LogP contribution is 2.05. The quantitative estimate of drug-likeness (QED) is 0.752. The van der Waals surface area contributed by atoms with Crippen LogP contribution in [0, 0.1) is 0 Å². The van der Waals surface area contributed by atoms with Crippen LogP contribution in [0.25, 0.3) is 0 Å². The molecule has 0 aliphatic carbocycles. The zero-order valence-electron chi connectivity index (χ0n) is 8.35. The average Bonchev–Trinajstić information content (AvgIpc) is 2.61. The zero-order chi connectivity index (χ0) is 11.5. The molecule has 8 heteroatoms. The number of aromatic nitrogens is 2. The minimum atomic E-state index is -3.48. The minimum absolute atomic E-state index is 0.0369. The van der Waals surface area contributed by atoms with Gasteiger partial charge in [-0.3, -0.25) is 4.79 Å². The van der Waals surface area contributed by atoms with Crippen LogP contribution in [0.1, 0.15) is 19.2 Å². The normalized spacial score (nSPS) is 11.3. The van der Waals surface area contributed by atoms with Crippen molar-refractivity contribution in [1.29, 1.82) is 0 Å². The molecule has 0 bridgehead atoms. The highest BCUT2D eigenvalue weighted by molar-refractivity contribution is 7.90. The van der Waals surface area contributed by atoms with Crippen LogP contribution in [0.2, 0.25) is 0 Å². The SMILES string of the molecule is CCC(=O)NCc1nnc(S(C)(=O)=O)o1. The van der Waals surface area contributed by atoms with E-state index in [1.54, 1.807) is 6.92 Å². The Morgan fingerprint density at radius 1 is 1.47 bits per heavy atom. The first-order chi connectivity index (χ1) is 6.93. The molecule has 0 atom stereocenters. The molecule has 1 aromatic rings. The second-order valence-corrected chi connectivity index (χ2v) is 4.76. The molecular weight excluding hydrogens is 222 g/mol. The van der Waals surface area contributed by atoms with Crippen molar-refractivity contribution in [1.82, 2.24) is 15.5 Å². The second-order valence-electron chi connectivity index (χ2n) is 2.86. The Bertz CT molecular complexity index is 451. The number of rotatable bonds is 4. The maximum absolute atomic E-state index is 11.0. The molecule has 1 amide bonds. The molecule has 84 valence electrons. The lowest BCUT2D eigenvalue weighted by Gasteiger charge is -1.97. The third-order valence-electron chi connectivity index (χ3n) is 1.52. The fourth-order valence-corrected chi connectivity index (χ4v) is 1.20. The number of hydrogen-bond donors (Lipinski definition) is 1. The van der Waals surface area contributed by atoms with Crippen molar-refractivity contribution < 1.29 is 17.6 Å². The fraction of sp³-hybridized carbons (Fsp3) is 0.571. The van der Waals surface area contributed by atoms with Gasteiger partial charge in [0.25, 0.3) is 0 Å². The number of carbonyl (C=O) groups is 1. The molecule has 0 saturated heterocycles. The largest absolute Gasteiger partial charge is 0.411 e.